The van der Waals surface area contributed by atoms with Crippen LogP contribution in [-0.2, 0) is 4.74 Å². The number of nitrogens with zero attached hydrogens (tertiary/aromatic N) is 1. The quantitative estimate of drug-likeness (QED) is 0.786. The standard InChI is InChI=1S/C13H26N2O/c1-2-15(13-6-4-8-16-11-13)10-12-5-3-7-14-9-12/h12-14H,2-11H2,1H3. The lowest BCUT2D eigenvalue weighted by Gasteiger charge is -2.36. The molecule has 0 aromatic rings. The van der Waals surface area contributed by atoms with Crippen molar-refractivity contribution in [3.63, 3.8) is 0 Å². The summed E-state index contributed by atoms with van der Waals surface area (Å²) in [6, 6.07) is 0.681. The van der Waals surface area contributed by atoms with Crippen molar-refractivity contribution >= 4 is 0 Å². The molecular formula is C13H26N2O. The number of likely N-dealkylation sites (N-methyl/N-ethyl adjacent to an activating group) is 1. The Labute approximate surface area is 99.5 Å². The molecular weight excluding hydrogens is 200 g/mol. The molecule has 3 nitrogen and oxygen atoms in total. The van der Waals surface area contributed by atoms with Crippen LogP contribution >= 0.6 is 0 Å². The fourth-order valence-electron chi connectivity index (χ4n) is 2.96. The molecule has 0 bridgehead atoms. The van der Waals surface area contributed by atoms with Crippen LogP contribution in [0.15, 0.2) is 0 Å². The molecule has 2 aliphatic heterocycles. The Hall–Kier alpha value is -0.120. The van der Waals surface area contributed by atoms with Crippen molar-refractivity contribution in [3.05, 3.63) is 0 Å². The smallest absolute Gasteiger partial charge is 0.0621 e. The first-order chi connectivity index (χ1) is 7.90. The molecule has 0 aromatic heterocycles. The number of piperidine rings is 1. The van der Waals surface area contributed by atoms with Crippen molar-refractivity contribution in [2.75, 3.05) is 39.4 Å². The van der Waals surface area contributed by atoms with E-state index in [1.165, 1.54) is 51.9 Å². The van der Waals surface area contributed by atoms with Gasteiger partial charge in [0.05, 0.1) is 6.61 Å². The van der Waals surface area contributed by atoms with Crippen LogP contribution in [0.5, 0.6) is 0 Å². The molecule has 0 radical (unpaired) electrons. The number of hydrogen-bond donors (Lipinski definition) is 1. The molecule has 0 amide bonds. The lowest BCUT2D eigenvalue weighted by atomic mass is 9.97. The van der Waals surface area contributed by atoms with Crippen LogP contribution in [0.1, 0.15) is 32.6 Å². The number of nitrogens with one attached hydrogen (secondary N) is 1. The van der Waals surface area contributed by atoms with Gasteiger partial charge in [-0.25, -0.2) is 0 Å². The first-order valence-corrected chi connectivity index (χ1v) is 6.92. The summed E-state index contributed by atoms with van der Waals surface area (Å²) in [6.45, 7) is 9.07. The summed E-state index contributed by atoms with van der Waals surface area (Å²) in [5.74, 6) is 0.857. The molecule has 2 heterocycles. The molecule has 2 saturated heterocycles. The summed E-state index contributed by atoms with van der Waals surface area (Å²) in [5, 5.41) is 3.51. The summed E-state index contributed by atoms with van der Waals surface area (Å²) in [7, 11) is 0. The van der Waals surface area contributed by atoms with Crippen LogP contribution < -0.4 is 5.32 Å². The van der Waals surface area contributed by atoms with Gasteiger partial charge in [-0.1, -0.05) is 6.92 Å². The SMILES string of the molecule is CCN(CC1CCCNC1)C1CCCOC1. The fraction of sp³-hybridized carbons (Fsp3) is 1.00. The van der Waals surface area contributed by atoms with E-state index in [0.29, 0.717) is 6.04 Å². The zero-order chi connectivity index (χ0) is 11.2. The molecule has 94 valence electrons. The number of rotatable bonds is 4. The average Bonchev–Trinajstić information content (AvgIpc) is 2.38. The zero-order valence-corrected chi connectivity index (χ0v) is 10.6. The van der Waals surface area contributed by atoms with E-state index in [4.69, 9.17) is 4.74 Å². The molecule has 2 unspecified atom stereocenters. The maximum Gasteiger partial charge on any atom is 0.0621 e. The van der Waals surface area contributed by atoms with Gasteiger partial charge in [0, 0.05) is 19.2 Å². The van der Waals surface area contributed by atoms with Gasteiger partial charge in [0.25, 0.3) is 0 Å². The minimum Gasteiger partial charge on any atom is -0.380 e. The zero-order valence-electron chi connectivity index (χ0n) is 10.6. The Bertz CT molecular complexity index is 186. The normalized spacial score (nSPS) is 31.9. The summed E-state index contributed by atoms with van der Waals surface area (Å²) in [4.78, 5) is 2.64. The summed E-state index contributed by atoms with van der Waals surface area (Å²) >= 11 is 0. The van der Waals surface area contributed by atoms with E-state index in [2.05, 4.69) is 17.1 Å². The lowest BCUT2D eigenvalue weighted by Crippen LogP contribution is -2.46. The van der Waals surface area contributed by atoms with Gasteiger partial charge in [-0.2, -0.15) is 0 Å². The highest BCUT2D eigenvalue weighted by Crippen LogP contribution is 2.18. The van der Waals surface area contributed by atoms with E-state index in [1.54, 1.807) is 0 Å². The van der Waals surface area contributed by atoms with Crippen molar-refractivity contribution in [2.45, 2.75) is 38.6 Å². The summed E-state index contributed by atoms with van der Waals surface area (Å²) in [6.07, 6.45) is 5.32. The average molecular weight is 226 g/mol. The minimum atomic E-state index is 0.681. The van der Waals surface area contributed by atoms with Crippen molar-refractivity contribution in [1.29, 1.82) is 0 Å². The predicted octanol–water partition coefficient (Wildman–Crippen LogP) is 1.49. The number of ether oxygens (including phenoxy) is 1. The highest BCUT2D eigenvalue weighted by atomic mass is 16.5. The Morgan fingerprint density at radius 2 is 2.25 bits per heavy atom. The van der Waals surface area contributed by atoms with Crippen LogP contribution in [0.25, 0.3) is 0 Å². The highest BCUT2D eigenvalue weighted by Gasteiger charge is 2.23. The van der Waals surface area contributed by atoms with E-state index < -0.39 is 0 Å². The lowest BCUT2D eigenvalue weighted by molar-refractivity contribution is 0.0127. The molecule has 2 atom stereocenters. The number of hydrogen-bond acceptors (Lipinski definition) is 3. The van der Waals surface area contributed by atoms with Crippen molar-refractivity contribution in [3.8, 4) is 0 Å². The van der Waals surface area contributed by atoms with Crippen LogP contribution in [0, 0.1) is 5.92 Å². The largest absolute Gasteiger partial charge is 0.380 e. The second kappa shape index (κ2) is 6.58. The summed E-state index contributed by atoms with van der Waals surface area (Å²) < 4.78 is 5.60. The second-order valence-electron chi connectivity index (χ2n) is 5.17. The molecule has 0 spiro atoms. The Morgan fingerprint density at radius 1 is 1.31 bits per heavy atom. The Kier molecular flexibility index (Phi) is 5.07. The van der Waals surface area contributed by atoms with Gasteiger partial charge in [0.15, 0.2) is 0 Å². The monoisotopic (exact) mass is 226 g/mol. The van der Waals surface area contributed by atoms with Gasteiger partial charge in [0.2, 0.25) is 0 Å². The molecule has 16 heavy (non-hydrogen) atoms. The van der Waals surface area contributed by atoms with E-state index >= 15 is 0 Å². The van der Waals surface area contributed by atoms with Gasteiger partial charge in [-0.3, -0.25) is 4.90 Å². The molecule has 1 N–H and O–H groups in total. The van der Waals surface area contributed by atoms with Gasteiger partial charge in [0.1, 0.15) is 0 Å². The van der Waals surface area contributed by atoms with Gasteiger partial charge in [-0.15, -0.1) is 0 Å². The first-order valence-electron chi connectivity index (χ1n) is 6.92. The molecule has 2 aliphatic rings. The van der Waals surface area contributed by atoms with E-state index in [9.17, 15) is 0 Å². The van der Waals surface area contributed by atoms with Crippen molar-refractivity contribution in [2.24, 2.45) is 5.92 Å². The van der Waals surface area contributed by atoms with E-state index in [-0.39, 0.29) is 0 Å². The third-order valence-corrected chi connectivity index (χ3v) is 3.95. The van der Waals surface area contributed by atoms with Gasteiger partial charge < -0.3 is 10.1 Å². The third-order valence-electron chi connectivity index (χ3n) is 3.95. The Morgan fingerprint density at radius 3 is 2.88 bits per heavy atom. The van der Waals surface area contributed by atoms with E-state index in [1.807, 2.05) is 0 Å². The minimum absolute atomic E-state index is 0.681. The fourth-order valence-corrected chi connectivity index (χ4v) is 2.96. The van der Waals surface area contributed by atoms with Crippen molar-refractivity contribution in [1.82, 2.24) is 10.2 Å². The third kappa shape index (κ3) is 3.44. The topological polar surface area (TPSA) is 24.5 Å². The molecule has 2 rings (SSSR count). The van der Waals surface area contributed by atoms with Crippen LogP contribution in [-0.4, -0.2) is 50.3 Å². The second-order valence-corrected chi connectivity index (χ2v) is 5.17. The molecule has 0 saturated carbocycles. The molecule has 3 heteroatoms. The van der Waals surface area contributed by atoms with Crippen LogP contribution in [0.2, 0.25) is 0 Å². The van der Waals surface area contributed by atoms with Gasteiger partial charge >= 0.3 is 0 Å². The molecule has 0 aromatic carbocycles. The molecule has 0 aliphatic carbocycles. The predicted molar refractivity (Wildman–Crippen MR) is 66.7 cm³/mol. The van der Waals surface area contributed by atoms with Crippen LogP contribution in [0.4, 0.5) is 0 Å². The van der Waals surface area contributed by atoms with E-state index in [0.717, 1.165) is 19.1 Å². The van der Waals surface area contributed by atoms with Crippen LogP contribution in [0.3, 0.4) is 0 Å². The molecule has 2 fully saturated rings. The van der Waals surface area contributed by atoms with Crippen molar-refractivity contribution < 1.29 is 4.74 Å². The maximum atomic E-state index is 5.60. The maximum absolute atomic E-state index is 5.60. The summed E-state index contributed by atoms with van der Waals surface area (Å²) in [5.41, 5.74) is 0. The first kappa shape index (κ1) is 12.3. The van der Waals surface area contributed by atoms with Gasteiger partial charge in [-0.05, 0) is 51.2 Å². The highest BCUT2D eigenvalue weighted by molar-refractivity contribution is 4.78. The Balaban J connectivity index is 1.78.